The topological polar surface area (TPSA) is 52.3 Å². The van der Waals surface area contributed by atoms with Gasteiger partial charge in [-0.25, -0.2) is 0 Å². The maximum Gasteiger partial charge on any atom is 0.310 e. The Balaban J connectivity index is 2.76. The van der Waals surface area contributed by atoms with Crippen molar-refractivity contribution in [2.24, 2.45) is 0 Å². The lowest BCUT2D eigenvalue weighted by Gasteiger charge is -2.07. The van der Waals surface area contributed by atoms with Crippen molar-refractivity contribution in [3.63, 3.8) is 0 Å². The Bertz CT molecular complexity index is 334. The monoisotopic (exact) mass is 193 g/mol. The molecule has 14 heavy (non-hydrogen) atoms. The van der Waals surface area contributed by atoms with E-state index in [2.05, 4.69) is 0 Å². The molecule has 0 aliphatic heterocycles. The van der Waals surface area contributed by atoms with E-state index < -0.39 is 0 Å². The van der Waals surface area contributed by atoms with E-state index in [0.29, 0.717) is 18.7 Å². The predicted octanol–water partition coefficient (Wildman–Crippen LogP) is 1.68. The number of nitrogens with two attached hydrogens (primary N) is 1. The molecule has 0 spiro atoms. The first-order valence-corrected chi connectivity index (χ1v) is 4.64. The molecule has 0 radical (unpaired) electrons. The van der Waals surface area contributed by atoms with Gasteiger partial charge in [-0.3, -0.25) is 4.79 Å². The zero-order chi connectivity index (χ0) is 10.6. The molecule has 0 aliphatic carbocycles. The third kappa shape index (κ3) is 2.49. The molecular formula is C11H15NO2. The number of ether oxygens (including phenoxy) is 1. The molecule has 0 amide bonds. The van der Waals surface area contributed by atoms with Gasteiger partial charge in [-0.2, -0.15) is 0 Å². The fraction of sp³-hybridized carbons (Fsp3) is 0.364. The summed E-state index contributed by atoms with van der Waals surface area (Å²) in [5, 5.41) is 0. The Hall–Kier alpha value is -1.51. The quantitative estimate of drug-likeness (QED) is 0.587. The van der Waals surface area contributed by atoms with Crippen molar-refractivity contribution < 1.29 is 9.53 Å². The van der Waals surface area contributed by atoms with Crippen molar-refractivity contribution in [3.8, 4) is 0 Å². The maximum atomic E-state index is 11.2. The lowest BCUT2D eigenvalue weighted by atomic mass is 10.0. The van der Waals surface area contributed by atoms with Gasteiger partial charge in [0, 0.05) is 5.69 Å². The molecule has 1 aromatic rings. The third-order valence-electron chi connectivity index (χ3n) is 2.13. The molecular weight excluding hydrogens is 178 g/mol. The van der Waals surface area contributed by atoms with E-state index in [0.717, 1.165) is 11.1 Å². The number of esters is 1. The third-order valence-corrected chi connectivity index (χ3v) is 2.13. The van der Waals surface area contributed by atoms with Gasteiger partial charge in [-0.05, 0) is 31.0 Å². The first kappa shape index (κ1) is 10.6. The fourth-order valence-corrected chi connectivity index (χ4v) is 1.26. The molecule has 3 nitrogen and oxygen atoms in total. The number of hydrogen-bond acceptors (Lipinski definition) is 3. The van der Waals surface area contributed by atoms with E-state index in [4.69, 9.17) is 10.5 Å². The Morgan fingerprint density at radius 3 is 2.86 bits per heavy atom. The summed E-state index contributed by atoms with van der Waals surface area (Å²) in [6.07, 6.45) is 0.296. The average molecular weight is 193 g/mol. The van der Waals surface area contributed by atoms with Gasteiger partial charge in [0.25, 0.3) is 0 Å². The average Bonchev–Trinajstić information content (AvgIpc) is 2.13. The highest BCUT2D eigenvalue weighted by Crippen LogP contribution is 2.16. The fourth-order valence-electron chi connectivity index (χ4n) is 1.26. The van der Waals surface area contributed by atoms with Crippen LogP contribution >= 0.6 is 0 Å². The molecule has 0 saturated carbocycles. The Morgan fingerprint density at radius 2 is 2.21 bits per heavy atom. The van der Waals surface area contributed by atoms with Crippen LogP contribution in [0, 0.1) is 6.92 Å². The number of benzene rings is 1. The number of hydrogen-bond donors (Lipinski definition) is 1. The van der Waals surface area contributed by atoms with Gasteiger partial charge >= 0.3 is 5.97 Å². The van der Waals surface area contributed by atoms with Crippen molar-refractivity contribution in [1.82, 2.24) is 0 Å². The molecule has 3 heteroatoms. The minimum absolute atomic E-state index is 0.207. The molecule has 1 aromatic carbocycles. The summed E-state index contributed by atoms with van der Waals surface area (Å²) in [7, 11) is 0. The number of nitrogen functional groups attached to an aromatic ring is 1. The minimum Gasteiger partial charge on any atom is -0.466 e. The van der Waals surface area contributed by atoms with Crippen LogP contribution in [-0.4, -0.2) is 12.6 Å². The zero-order valence-corrected chi connectivity index (χ0v) is 8.54. The molecule has 0 fully saturated rings. The van der Waals surface area contributed by atoms with Crippen LogP contribution in [0.15, 0.2) is 18.2 Å². The van der Waals surface area contributed by atoms with E-state index in [1.807, 2.05) is 25.1 Å². The maximum absolute atomic E-state index is 11.2. The minimum atomic E-state index is -0.207. The molecule has 1 rings (SSSR count). The van der Waals surface area contributed by atoms with E-state index in [1.54, 1.807) is 6.92 Å². The van der Waals surface area contributed by atoms with Gasteiger partial charge in [0.1, 0.15) is 0 Å². The Kier molecular flexibility index (Phi) is 3.51. The second-order valence-corrected chi connectivity index (χ2v) is 3.11. The molecule has 2 N–H and O–H groups in total. The van der Waals surface area contributed by atoms with Crippen LogP contribution in [0.25, 0.3) is 0 Å². The van der Waals surface area contributed by atoms with E-state index in [-0.39, 0.29) is 5.97 Å². The zero-order valence-electron chi connectivity index (χ0n) is 8.54. The van der Waals surface area contributed by atoms with Crippen molar-refractivity contribution in [2.75, 3.05) is 12.3 Å². The van der Waals surface area contributed by atoms with Crippen LogP contribution < -0.4 is 5.73 Å². The Labute approximate surface area is 83.9 Å². The molecule has 0 aromatic heterocycles. The highest BCUT2D eigenvalue weighted by molar-refractivity contribution is 5.73. The lowest BCUT2D eigenvalue weighted by Crippen LogP contribution is -2.09. The summed E-state index contributed by atoms with van der Waals surface area (Å²) in [4.78, 5) is 11.2. The van der Waals surface area contributed by atoms with E-state index >= 15 is 0 Å². The Morgan fingerprint density at radius 1 is 1.50 bits per heavy atom. The normalized spacial score (nSPS) is 9.86. The second-order valence-electron chi connectivity index (χ2n) is 3.11. The molecule has 0 atom stereocenters. The summed E-state index contributed by atoms with van der Waals surface area (Å²) in [5.41, 5.74) is 8.33. The SMILES string of the molecule is CCOC(=O)Cc1cccc(N)c1C. The van der Waals surface area contributed by atoms with Crippen LogP contribution in [0.1, 0.15) is 18.1 Å². The van der Waals surface area contributed by atoms with Crippen molar-refractivity contribution in [2.45, 2.75) is 20.3 Å². The van der Waals surface area contributed by atoms with Crippen LogP contribution in [-0.2, 0) is 16.0 Å². The van der Waals surface area contributed by atoms with Gasteiger partial charge in [0.2, 0.25) is 0 Å². The van der Waals surface area contributed by atoms with Gasteiger partial charge < -0.3 is 10.5 Å². The second kappa shape index (κ2) is 4.65. The summed E-state index contributed by atoms with van der Waals surface area (Å²) < 4.78 is 4.86. The van der Waals surface area contributed by atoms with Crippen molar-refractivity contribution in [3.05, 3.63) is 29.3 Å². The number of rotatable bonds is 3. The number of carbonyl (C=O) groups excluding carboxylic acids is 1. The van der Waals surface area contributed by atoms with Crippen molar-refractivity contribution >= 4 is 11.7 Å². The van der Waals surface area contributed by atoms with Crippen LogP contribution in [0.4, 0.5) is 5.69 Å². The molecule has 0 saturated heterocycles. The first-order valence-electron chi connectivity index (χ1n) is 4.64. The van der Waals surface area contributed by atoms with Crippen LogP contribution in [0.5, 0.6) is 0 Å². The van der Waals surface area contributed by atoms with Gasteiger partial charge in [0.05, 0.1) is 13.0 Å². The predicted molar refractivity (Wildman–Crippen MR) is 55.9 cm³/mol. The summed E-state index contributed by atoms with van der Waals surface area (Å²) in [6, 6.07) is 5.56. The standard InChI is InChI=1S/C11H15NO2/c1-3-14-11(13)7-9-5-4-6-10(12)8(9)2/h4-6H,3,7,12H2,1-2H3. The highest BCUT2D eigenvalue weighted by atomic mass is 16.5. The highest BCUT2D eigenvalue weighted by Gasteiger charge is 2.07. The molecule has 0 bridgehead atoms. The van der Waals surface area contributed by atoms with Crippen LogP contribution in [0.3, 0.4) is 0 Å². The largest absolute Gasteiger partial charge is 0.466 e. The van der Waals surface area contributed by atoms with E-state index in [1.165, 1.54) is 0 Å². The smallest absolute Gasteiger partial charge is 0.310 e. The lowest BCUT2D eigenvalue weighted by molar-refractivity contribution is -0.142. The van der Waals surface area contributed by atoms with Gasteiger partial charge in [-0.1, -0.05) is 12.1 Å². The number of carbonyl (C=O) groups is 1. The summed E-state index contributed by atoms with van der Waals surface area (Å²) >= 11 is 0. The van der Waals surface area contributed by atoms with Crippen LogP contribution in [0.2, 0.25) is 0 Å². The summed E-state index contributed by atoms with van der Waals surface area (Å²) in [6.45, 7) is 4.12. The van der Waals surface area contributed by atoms with Gasteiger partial charge in [-0.15, -0.1) is 0 Å². The molecule has 0 aliphatic rings. The first-order chi connectivity index (χ1) is 6.65. The molecule has 76 valence electrons. The van der Waals surface area contributed by atoms with Crippen molar-refractivity contribution in [1.29, 1.82) is 0 Å². The van der Waals surface area contributed by atoms with Gasteiger partial charge in [0.15, 0.2) is 0 Å². The van der Waals surface area contributed by atoms with E-state index in [9.17, 15) is 4.79 Å². The number of anilines is 1. The molecule has 0 heterocycles. The molecule has 0 unspecified atom stereocenters. The summed E-state index contributed by atoms with van der Waals surface area (Å²) in [5.74, 6) is -0.207.